The molecule has 0 radical (unpaired) electrons. The van der Waals surface area contributed by atoms with Crippen LogP contribution in [-0.4, -0.2) is 24.0 Å². The Balaban J connectivity index is 0. The second-order valence-corrected chi connectivity index (χ2v) is 4.61. The molecule has 0 saturated carbocycles. The largest absolute Gasteiger partial charge is 1.00 e. The van der Waals surface area contributed by atoms with Gasteiger partial charge in [0.1, 0.15) is 0 Å². The fourth-order valence-corrected chi connectivity index (χ4v) is 1.41. The number of halogens is 2. The number of hydrogen-bond acceptors (Lipinski definition) is 3. The molecule has 0 spiro atoms. The number of benzene rings is 1. The van der Waals surface area contributed by atoms with Crippen molar-refractivity contribution < 1.29 is 46.8 Å². The molecule has 0 atom stereocenters. The fraction of sp³-hybridized carbons (Fsp3) is 0.100. The van der Waals surface area contributed by atoms with Crippen molar-refractivity contribution in [3.05, 3.63) is 42.0 Å². The number of alkyl halides is 2. The number of ketones is 1. The van der Waals surface area contributed by atoms with Gasteiger partial charge in [0.25, 0.3) is 0 Å². The molecule has 0 aliphatic heterocycles. The van der Waals surface area contributed by atoms with Crippen molar-refractivity contribution in [2.45, 2.75) is 5.25 Å². The maximum Gasteiger partial charge on any atom is 1.00 e. The summed E-state index contributed by atoms with van der Waals surface area (Å²) in [5.41, 5.74) is 0.0648. The molecular formula is C10H9F2LiO4S. The van der Waals surface area contributed by atoms with Crippen LogP contribution in [0.15, 0.2) is 30.8 Å². The van der Waals surface area contributed by atoms with Crippen molar-refractivity contribution in [3.63, 3.8) is 0 Å². The molecule has 0 unspecified atom stereocenters. The molecule has 8 heteroatoms. The summed E-state index contributed by atoms with van der Waals surface area (Å²) in [5.74, 6) is -1.98. The molecule has 18 heavy (non-hydrogen) atoms. The van der Waals surface area contributed by atoms with E-state index in [2.05, 4.69) is 6.58 Å². The van der Waals surface area contributed by atoms with Gasteiger partial charge in [0, 0.05) is 5.56 Å². The summed E-state index contributed by atoms with van der Waals surface area (Å²) in [5, 5.41) is -4.84. The van der Waals surface area contributed by atoms with E-state index in [9.17, 15) is 22.0 Å². The molecule has 0 heterocycles. The molecule has 1 rings (SSSR count). The molecule has 0 fully saturated rings. The molecule has 0 amide bonds. The van der Waals surface area contributed by atoms with E-state index in [0.717, 1.165) is 12.1 Å². The molecule has 0 bridgehead atoms. The van der Waals surface area contributed by atoms with Gasteiger partial charge in [0.15, 0.2) is 0 Å². The first-order chi connectivity index (χ1) is 7.70. The third-order valence-corrected chi connectivity index (χ3v) is 2.83. The summed E-state index contributed by atoms with van der Waals surface area (Å²) in [6, 6.07) is 4.69. The number of rotatable bonds is 4. The SMILES string of the molecule is C=Cc1ccc(C(=O)C(F)(F)S(=O)(=O)O)cc1.[H-].[Li+]. The Morgan fingerprint density at radius 3 is 2.11 bits per heavy atom. The van der Waals surface area contributed by atoms with Gasteiger partial charge in [-0.05, 0) is 5.56 Å². The quantitative estimate of drug-likeness (QED) is 0.438. The van der Waals surface area contributed by atoms with Gasteiger partial charge < -0.3 is 1.43 Å². The van der Waals surface area contributed by atoms with E-state index < -0.39 is 26.7 Å². The summed E-state index contributed by atoms with van der Waals surface area (Å²) >= 11 is 0. The van der Waals surface area contributed by atoms with Gasteiger partial charge in [-0.1, -0.05) is 36.9 Å². The van der Waals surface area contributed by atoms with Crippen molar-refractivity contribution in [2.24, 2.45) is 0 Å². The number of hydrogen-bond donors (Lipinski definition) is 1. The van der Waals surface area contributed by atoms with Crippen LogP contribution in [0.25, 0.3) is 6.08 Å². The Labute approximate surface area is 116 Å². The molecule has 94 valence electrons. The van der Waals surface area contributed by atoms with Crippen LogP contribution in [0.2, 0.25) is 0 Å². The average molecular weight is 270 g/mol. The second kappa shape index (κ2) is 5.76. The molecule has 0 saturated heterocycles. The van der Waals surface area contributed by atoms with E-state index in [1.54, 1.807) is 0 Å². The van der Waals surface area contributed by atoms with E-state index in [1.807, 2.05) is 0 Å². The van der Waals surface area contributed by atoms with E-state index in [1.165, 1.54) is 18.2 Å². The summed E-state index contributed by atoms with van der Waals surface area (Å²) in [7, 11) is -5.77. The first-order valence-corrected chi connectivity index (χ1v) is 5.76. The van der Waals surface area contributed by atoms with Crippen LogP contribution in [0, 0.1) is 0 Å². The van der Waals surface area contributed by atoms with Gasteiger partial charge in [-0.25, -0.2) is 0 Å². The number of carbonyl (C=O) groups excluding carboxylic acids is 1. The Morgan fingerprint density at radius 1 is 1.33 bits per heavy atom. The minimum absolute atomic E-state index is 0. The maximum absolute atomic E-state index is 13.0. The van der Waals surface area contributed by atoms with Gasteiger partial charge >= 0.3 is 34.2 Å². The maximum atomic E-state index is 13.0. The molecule has 1 aromatic rings. The van der Waals surface area contributed by atoms with Gasteiger partial charge in [-0.15, -0.1) is 0 Å². The van der Waals surface area contributed by atoms with Crippen LogP contribution in [0.1, 0.15) is 17.3 Å². The zero-order valence-corrected chi connectivity index (χ0v) is 10.2. The summed E-state index contributed by atoms with van der Waals surface area (Å²) in [6.45, 7) is 3.42. The fourth-order valence-electron chi connectivity index (χ4n) is 1.06. The molecule has 1 aromatic carbocycles. The minimum atomic E-state index is -5.77. The first kappa shape index (κ1) is 17.0. The van der Waals surface area contributed by atoms with Gasteiger partial charge in [0.2, 0.25) is 5.78 Å². The van der Waals surface area contributed by atoms with Crippen molar-refractivity contribution in [3.8, 4) is 0 Å². The zero-order valence-electron chi connectivity index (χ0n) is 10.4. The molecule has 0 aliphatic carbocycles. The van der Waals surface area contributed by atoms with Crippen LogP contribution in [-0.2, 0) is 10.1 Å². The van der Waals surface area contributed by atoms with Crippen LogP contribution in [0.3, 0.4) is 0 Å². The summed E-state index contributed by atoms with van der Waals surface area (Å²) in [6.07, 6.45) is 1.43. The Bertz CT molecular complexity index is 557. The van der Waals surface area contributed by atoms with E-state index >= 15 is 0 Å². The van der Waals surface area contributed by atoms with Gasteiger partial charge in [-0.2, -0.15) is 17.2 Å². The van der Waals surface area contributed by atoms with Crippen LogP contribution >= 0.6 is 0 Å². The summed E-state index contributed by atoms with van der Waals surface area (Å²) < 4.78 is 55.0. The van der Waals surface area contributed by atoms with Crippen molar-refractivity contribution in [1.29, 1.82) is 0 Å². The monoisotopic (exact) mass is 270 g/mol. The zero-order chi connectivity index (χ0) is 13.3. The van der Waals surface area contributed by atoms with Gasteiger partial charge in [0.05, 0.1) is 0 Å². The molecule has 0 aliphatic rings. The van der Waals surface area contributed by atoms with Crippen molar-refractivity contribution in [1.82, 2.24) is 0 Å². The topological polar surface area (TPSA) is 71.4 Å². The number of carbonyl (C=O) groups is 1. The third-order valence-electron chi connectivity index (χ3n) is 2.00. The van der Waals surface area contributed by atoms with Crippen LogP contribution in [0.4, 0.5) is 8.78 Å². The van der Waals surface area contributed by atoms with E-state index in [0.29, 0.717) is 5.56 Å². The average Bonchev–Trinajstić information content (AvgIpc) is 2.26. The Hall–Kier alpha value is -1.00. The molecule has 0 aromatic heterocycles. The predicted molar refractivity (Wildman–Crippen MR) is 58.5 cm³/mol. The standard InChI is InChI=1S/C10H8F2O4S.Li.H/c1-2-7-3-5-8(6-4-7)9(13)10(11,12)17(14,15)16;;/h2-6H,1H2,(H,14,15,16);;/q;+1;-1. The van der Waals surface area contributed by atoms with E-state index in [4.69, 9.17) is 4.55 Å². The van der Waals surface area contributed by atoms with Crippen molar-refractivity contribution >= 4 is 22.0 Å². The van der Waals surface area contributed by atoms with Crippen LogP contribution in [0.5, 0.6) is 0 Å². The second-order valence-electron chi connectivity index (χ2n) is 3.15. The Kier molecular flexibility index (Phi) is 5.44. The van der Waals surface area contributed by atoms with Crippen molar-refractivity contribution in [2.75, 3.05) is 0 Å². The smallest absolute Gasteiger partial charge is 1.00 e. The normalized spacial score (nSPS) is 11.5. The predicted octanol–water partition coefficient (Wildman–Crippen LogP) is -0.891. The van der Waals surface area contributed by atoms with E-state index in [-0.39, 0.29) is 20.3 Å². The first-order valence-electron chi connectivity index (χ1n) is 4.32. The van der Waals surface area contributed by atoms with Crippen LogP contribution < -0.4 is 18.9 Å². The van der Waals surface area contributed by atoms with Gasteiger partial charge in [-0.3, -0.25) is 9.35 Å². The molecular weight excluding hydrogens is 261 g/mol. The number of Topliss-reactive ketones (excluding diaryl/α,β-unsaturated/α-hetero) is 1. The minimum Gasteiger partial charge on any atom is -1.00 e. The summed E-state index contributed by atoms with van der Waals surface area (Å²) in [4.78, 5) is 11.2. The Morgan fingerprint density at radius 2 is 1.78 bits per heavy atom. The molecule has 1 N–H and O–H groups in total. The third kappa shape index (κ3) is 3.27. The molecule has 4 nitrogen and oxygen atoms in total.